The first kappa shape index (κ1) is 10.3. The Labute approximate surface area is 80.4 Å². The van der Waals surface area contributed by atoms with E-state index in [1.54, 1.807) is 0 Å². The van der Waals surface area contributed by atoms with E-state index in [0.29, 0.717) is 0 Å². The van der Waals surface area contributed by atoms with Crippen LogP contribution in [0.1, 0.15) is 38.3 Å². The molecule has 0 aliphatic rings. The van der Waals surface area contributed by atoms with Crippen LogP contribution >= 0.6 is 0 Å². The first-order valence-corrected chi connectivity index (χ1v) is 4.92. The van der Waals surface area contributed by atoms with E-state index in [4.69, 9.17) is 0 Å². The van der Waals surface area contributed by atoms with Crippen molar-refractivity contribution in [3.8, 4) is 0 Å². The van der Waals surface area contributed by atoms with Gasteiger partial charge in [-0.15, -0.1) is 0 Å². The Morgan fingerprint density at radius 3 is 2.38 bits per heavy atom. The molecule has 1 aromatic carbocycles. The van der Waals surface area contributed by atoms with Crippen molar-refractivity contribution in [3.63, 3.8) is 0 Å². The maximum Gasteiger partial charge on any atom is 0.0868 e. The van der Waals surface area contributed by atoms with Crippen molar-refractivity contribution in [1.82, 2.24) is 0 Å². The molecule has 0 saturated carbocycles. The fourth-order valence-electron chi connectivity index (χ4n) is 1.54. The average Bonchev–Trinajstić information content (AvgIpc) is 2.18. The molecule has 0 fully saturated rings. The summed E-state index contributed by atoms with van der Waals surface area (Å²) in [5.41, 5.74) is 1.64. The average molecular weight is 178 g/mol. The van der Waals surface area contributed by atoms with Gasteiger partial charge in [0.1, 0.15) is 0 Å². The molecule has 0 bridgehead atoms. The van der Waals surface area contributed by atoms with Crippen LogP contribution in [0.25, 0.3) is 0 Å². The summed E-state index contributed by atoms with van der Waals surface area (Å²) in [6, 6.07) is 8.11. The number of hydrogen-bond donors (Lipinski definition) is 1. The van der Waals surface area contributed by atoms with Gasteiger partial charge in [-0.25, -0.2) is 0 Å². The van der Waals surface area contributed by atoms with E-state index in [1.807, 2.05) is 32.0 Å². The maximum atomic E-state index is 10.1. The summed E-state index contributed by atoms with van der Waals surface area (Å²) in [4.78, 5) is 0. The molecule has 0 spiro atoms. The number of aliphatic hydroxyl groups is 1. The van der Waals surface area contributed by atoms with Gasteiger partial charge in [0, 0.05) is 0 Å². The van der Waals surface area contributed by atoms with Crippen molar-refractivity contribution < 1.29 is 5.11 Å². The van der Waals surface area contributed by atoms with E-state index in [1.165, 1.54) is 5.56 Å². The van der Waals surface area contributed by atoms with Crippen LogP contribution in [0.15, 0.2) is 24.3 Å². The molecule has 0 aliphatic heterocycles. The molecule has 1 heteroatoms. The normalized spacial score (nSPS) is 15.4. The van der Waals surface area contributed by atoms with Gasteiger partial charge in [0.25, 0.3) is 0 Å². The van der Waals surface area contributed by atoms with Crippen molar-refractivity contribution >= 4 is 0 Å². The third kappa shape index (κ3) is 2.10. The Balaban J connectivity index is 3.12. The summed E-state index contributed by atoms with van der Waals surface area (Å²) in [7, 11) is 0. The lowest BCUT2D eigenvalue weighted by molar-refractivity contribution is 0.0522. The van der Waals surface area contributed by atoms with Crippen molar-refractivity contribution in [3.05, 3.63) is 35.4 Å². The predicted octanol–water partition coefficient (Wildman–Crippen LogP) is 2.87. The number of rotatable bonds is 3. The SMILES string of the molecule is CCc1ccccc1C(C)(O)CC. The summed E-state index contributed by atoms with van der Waals surface area (Å²) in [5.74, 6) is 0. The Morgan fingerprint density at radius 2 is 1.85 bits per heavy atom. The van der Waals surface area contributed by atoms with Gasteiger partial charge in [0.15, 0.2) is 0 Å². The van der Waals surface area contributed by atoms with Gasteiger partial charge in [0.05, 0.1) is 5.60 Å². The molecule has 13 heavy (non-hydrogen) atoms. The molecule has 1 nitrogen and oxygen atoms in total. The largest absolute Gasteiger partial charge is 0.385 e. The molecule has 0 saturated heterocycles. The van der Waals surface area contributed by atoms with Crippen molar-refractivity contribution in [1.29, 1.82) is 0 Å². The van der Waals surface area contributed by atoms with E-state index in [9.17, 15) is 5.11 Å². The van der Waals surface area contributed by atoms with Crippen LogP contribution in [-0.4, -0.2) is 5.11 Å². The zero-order valence-electron chi connectivity index (χ0n) is 8.67. The maximum absolute atomic E-state index is 10.1. The van der Waals surface area contributed by atoms with E-state index in [-0.39, 0.29) is 0 Å². The monoisotopic (exact) mass is 178 g/mol. The molecule has 1 rings (SSSR count). The molecule has 1 N–H and O–H groups in total. The molecule has 0 aliphatic carbocycles. The fraction of sp³-hybridized carbons (Fsp3) is 0.500. The summed E-state index contributed by atoms with van der Waals surface area (Å²) < 4.78 is 0. The van der Waals surface area contributed by atoms with E-state index >= 15 is 0 Å². The molecule has 1 aromatic rings. The summed E-state index contributed by atoms with van der Waals surface area (Å²) in [6.45, 7) is 6.00. The third-order valence-electron chi connectivity index (χ3n) is 2.67. The van der Waals surface area contributed by atoms with Crippen molar-refractivity contribution in [2.24, 2.45) is 0 Å². The van der Waals surface area contributed by atoms with E-state index in [0.717, 1.165) is 18.4 Å². The lowest BCUT2D eigenvalue weighted by Crippen LogP contribution is -2.21. The quantitative estimate of drug-likeness (QED) is 0.754. The van der Waals surface area contributed by atoms with Gasteiger partial charge in [0.2, 0.25) is 0 Å². The van der Waals surface area contributed by atoms with Crippen molar-refractivity contribution in [2.45, 2.75) is 39.2 Å². The van der Waals surface area contributed by atoms with Crippen LogP contribution in [0.3, 0.4) is 0 Å². The number of aryl methyl sites for hydroxylation is 1. The number of benzene rings is 1. The second-order valence-corrected chi connectivity index (χ2v) is 3.64. The molecular formula is C12H18O. The Hall–Kier alpha value is -0.820. The van der Waals surface area contributed by atoms with Gasteiger partial charge in [-0.1, -0.05) is 38.1 Å². The first-order valence-electron chi connectivity index (χ1n) is 4.92. The minimum atomic E-state index is -0.674. The smallest absolute Gasteiger partial charge is 0.0868 e. The van der Waals surface area contributed by atoms with Gasteiger partial charge < -0.3 is 5.11 Å². The highest BCUT2D eigenvalue weighted by atomic mass is 16.3. The molecule has 0 heterocycles. The molecule has 1 atom stereocenters. The van der Waals surface area contributed by atoms with Crippen LogP contribution in [0.4, 0.5) is 0 Å². The van der Waals surface area contributed by atoms with Crippen LogP contribution in [0.2, 0.25) is 0 Å². The molecule has 72 valence electrons. The van der Waals surface area contributed by atoms with Crippen LogP contribution in [0.5, 0.6) is 0 Å². The van der Waals surface area contributed by atoms with Gasteiger partial charge >= 0.3 is 0 Å². The highest BCUT2D eigenvalue weighted by Gasteiger charge is 2.22. The summed E-state index contributed by atoms with van der Waals surface area (Å²) >= 11 is 0. The van der Waals surface area contributed by atoms with E-state index in [2.05, 4.69) is 13.0 Å². The van der Waals surface area contributed by atoms with Crippen LogP contribution in [0, 0.1) is 0 Å². The molecule has 0 radical (unpaired) electrons. The highest BCUT2D eigenvalue weighted by molar-refractivity contribution is 5.31. The minimum absolute atomic E-state index is 0.674. The predicted molar refractivity (Wildman–Crippen MR) is 55.7 cm³/mol. The second kappa shape index (κ2) is 3.93. The van der Waals surface area contributed by atoms with Gasteiger partial charge in [-0.3, -0.25) is 0 Å². The lowest BCUT2D eigenvalue weighted by Gasteiger charge is -2.24. The zero-order chi connectivity index (χ0) is 9.90. The summed E-state index contributed by atoms with van der Waals surface area (Å²) in [6.07, 6.45) is 1.73. The third-order valence-corrected chi connectivity index (χ3v) is 2.67. The molecule has 0 aromatic heterocycles. The lowest BCUT2D eigenvalue weighted by atomic mass is 9.88. The second-order valence-electron chi connectivity index (χ2n) is 3.64. The highest BCUT2D eigenvalue weighted by Crippen LogP contribution is 2.27. The standard InChI is InChI=1S/C12H18O/c1-4-10-8-6-7-9-11(10)12(3,13)5-2/h6-9,13H,4-5H2,1-3H3. The summed E-state index contributed by atoms with van der Waals surface area (Å²) in [5, 5.41) is 10.1. The number of hydrogen-bond acceptors (Lipinski definition) is 1. The van der Waals surface area contributed by atoms with Crippen molar-refractivity contribution in [2.75, 3.05) is 0 Å². The fourth-order valence-corrected chi connectivity index (χ4v) is 1.54. The Morgan fingerprint density at radius 1 is 1.23 bits per heavy atom. The zero-order valence-corrected chi connectivity index (χ0v) is 8.67. The Kier molecular flexibility index (Phi) is 3.10. The first-order chi connectivity index (χ1) is 6.11. The minimum Gasteiger partial charge on any atom is -0.385 e. The Bertz CT molecular complexity index is 276. The molecule has 0 amide bonds. The van der Waals surface area contributed by atoms with Gasteiger partial charge in [-0.2, -0.15) is 0 Å². The van der Waals surface area contributed by atoms with Crippen LogP contribution < -0.4 is 0 Å². The molecular weight excluding hydrogens is 160 g/mol. The van der Waals surface area contributed by atoms with Crippen LogP contribution in [-0.2, 0) is 12.0 Å². The van der Waals surface area contributed by atoms with E-state index < -0.39 is 5.60 Å². The van der Waals surface area contributed by atoms with Gasteiger partial charge in [-0.05, 0) is 30.9 Å². The molecule has 1 unspecified atom stereocenters. The topological polar surface area (TPSA) is 20.2 Å².